The Hall–Kier alpha value is -3.25. The molecule has 0 spiro atoms. The third-order valence-corrected chi connectivity index (χ3v) is 7.36. The largest absolute Gasteiger partial charge is 0.342 e. The molecule has 2 aromatic carbocycles. The molecular formula is C27H29N5O. The van der Waals surface area contributed by atoms with E-state index in [0.717, 1.165) is 96.6 Å². The lowest BCUT2D eigenvalue weighted by atomic mass is 9.92. The van der Waals surface area contributed by atoms with Crippen LogP contribution in [0.2, 0.25) is 0 Å². The number of H-pyrrole nitrogens is 1. The van der Waals surface area contributed by atoms with Crippen molar-refractivity contribution in [2.24, 2.45) is 0 Å². The summed E-state index contributed by atoms with van der Waals surface area (Å²) in [6, 6.07) is 16.3. The number of likely N-dealkylation sites (tertiary alicyclic amines) is 1. The van der Waals surface area contributed by atoms with Crippen molar-refractivity contribution in [3.05, 3.63) is 71.2 Å². The van der Waals surface area contributed by atoms with Gasteiger partial charge in [0.15, 0.2) is 0 Å². The Bertz CT molecular complexity index is 1300. The second-order valence-corrected chi connectivity index (χ2v) is 9.25. The van der Waals surface area contributed by atoms with Gasteiger partial charge in [-0.3, -0.25) is 14.7 Å². The van der Waals surface area contributed by atoms with E-state index in [1.54, 1.807) is 0 Å². The van der Waals surface area contributed by atoms with Crippen LogP contribution in [0.15, 0.2) is 48.5 Å². The SMILES string of the molecule is CCN1CCc2nc3ccccc3c(C(=O)N3CCC(c4nc5ccccc5[nH]4)CC3)c2C1. The minimum Gasteiger partial charge on any atom is -0.342 e. The first-order valence-electron chi connectivity index (χ1n) is 12.1. The molecule has 4 heterocycles. The lowest BCUT2D eigenvalue weighted by Gasteiger charge is -2.34. The average molecular weight is 440 g/mol. The number of nitrogens with one attached hydrogen (secondary N) is 1. The molecule has 6 heteroatoms. The molecule has 2 aliphatic heterocycles. The topological polar surface area (TPSA) is 65.1 Å². The van der Waals surface area contributed by atoms with E-state index in [0.29, 0.717) is 5.92 Å². The highest BCUT2D eigenvalue weighted by molar-refractivity contribution is 6.07. The average Bonchev–Trinajstić information content (AvgIpc) is 3.31. The summed E-state index contributed by atoms with van der Waals surface area (Å²) < 4.78 is 0. The number of aromatic nitrogens is 3. The lowest BCUT2D eigenvalue weighted by Crippen LogP contribution is -2.40. The van der Waals surface area contributed by atoms with E-state index in [-0.39, 0.29) is 5.91 Å². The van der Waals surface area contributed by atoms with Crippen molar-refractivity contribution in [3.8, 4) is 0 Å². The summed E-state index contributed by atoms with van der Waals surface area (Å²) in [6.45, 7) is 6.49. The van der Waals surface area contributed by atoms with Crippen LogP contribution < -0.4 is 0 Å². The van der Waals surface area contributed by atoms with Crippen LogP contribution in [-0.4, -0.2) is 56.8 Å². The number of imidazole rings is 1. The molecule has 0 unspecified atom stereocenters. The third-order valence-electron chi connectivity index (χ3n) is 7.36. The Morgan fingerprint density at radius 2 is 1.76 bits per heavy atom. The molecule has 168 valence electrons. The van der Waals surface area contributed by atoms with Crippen molar-refractivity contribution >= 4 is 27.8 Å². The second kappa shape index (κ2) is 8.27. The van der Waals surface area contributed by atoms with Crippen molar-refractivity contribution < 1.29 is 4.79 Å². The number of carbonyl (C=O) groups excluding carboxylic acids is 1. The molecule has 0 atom stereocenters. The molecule has 0 aliphatic carbocycles. The van der Waals surface area contributed by atoms with E-state index in [1.807, 2.05) is 41.3 Å². The van der Waals surface area contributed by atoms with Gasteiger partial charge in [0.2, 0.25) is 0 Å². The number of likely N-dealkylation sites (N-methyl/N-ethyl adjacent to an activating group) is 1. The number of benzene rings is 2. The van der Waals surface area contributed by atoms with Gasteiger partial charge in [-0.15, -0.1) is 0 Å². The van der Waals surface area contributed by atoms with Crippen molar-refractivity contribution in [1.29, 1.82) is 0 Å². The quantitative estimate of drug-likeness (QED) is 0.510. The second-order valence-electron chi connectivity index (χ2n) is 9.25. The molecule has 0 saturated carbocycles. The summed E-state index contributed by atoms with van der Waals surface area (Å²) in [5.41, 5.74) is 6.13. The molecule has 1 saturated heterocycles. The number of amides is 1. The molecule has 6 nitrogen and oxygen atoms in total. The van der Waals surface area contributed by atoms with Crippen molar-refractivity contribution in [2.45, 2.75) is 38.6 Å². The van der Waals surface area contributed by atoms with Gasteiger partial charge in [-0.25, -0.2) is 4.98 Å². The minimum absolute atomic E-state index is 0.158. The van der Waals surface area contributed by atoms with E-state index in [2.05, 4.69) is 28.9 Å². The molecule has 1 amide bonds. The summed E-state index contributed by atoms with van der Waals surface area (Å²) >= 11 is 0. The number of nitrogens with zero attached hydrogens (tertiary/aromatic N) is 4. The maximum absolute atomic E-state index is 13.9. The number of rotatable bonds is 3. The summed E-state index contributed by atoms with van der Waals surface area (Å²) in [5.74, 6) is 1.57. The van der Waals surface area contributed by atoms with Gasteiger partial charge in [0.1, 0.15) is 5.82 Å². The molecule has 1 N–H and O–H groups in total. The van der Waals surface area contributed by atoms with Gasteiger partial charge in [0, 0.05) is 55.2 Å². The molecule has 0 bridgehead atoms. The fraction of sp³-hybridized carbons (Fsp3) is 0.370. The van der Waals surface area contributed by atoms with Gasteiger partial charge in [0.05, 0.1) is 22.1 Å². The highest BCUT2D eigenvalue weighted by atomic mass is 16.2. The monoisotopic (exact) mass is 439 g/mol. The van der Waals surface area contributed by atoms with E-state index < -0.39 is 0 Å². The first-order chi connectivity index (χ1) is 16.2. The number of para-hydroxylation sites is 3. The number of piperidine rings is 1. The number of hydrogen-bond acceptors (Lipinski definition) is 4. The maximum atomic E-state index is 13.9. The predicted molar refractivity (Wildman–Crippen MR) is 130 cm³/mol. The van der Waals surface area contributed by atoms with Gasteiger partial charge in [-0.05, 0) is 37.6 Å². The molecule has 6 rings (SSSR count). The number of pyridine rings is 1. The van der Waals surface area contributed by atoms with Crippen LogP contribution in [0, 0.1) is 0 Å². The predicted octanol–water partition coefficient (Wildman–Crippen LogP) is 4.51. The molecule has 2 aromatic heterocycles. The summed E-state index contributed by atoms with van der Waals surface area (Å²) in [4.78, 5) is 31.6. The Balaban J connectivity index is 1.29. The summed E-state index contributed by atoms with van der Waals surface area (Å²) in [5, 5.41) is 0.985. The fourth-order valence-electron chi connectivity index (χ4n) is 5.44. The first kappa shape index (κ1) is 20.4. The number of carbonyl (C=O) groups is 1. The van der Waals surface area contributed by atoms with E-state index in [4.69, 9.17) is 9.97 Å². The molecule has 4 aromatic rings. The van der Waals surface area contributed by atoms with Gasteiger partial charge >= 0.3 is 0 Å². The third kappa shape index (κ3) is 3.59. The fourth-order valence-corrected chi connectivity index (χ4v) is 5.44. The highest BCUT2D eigenvalue weighted by Crippen LogP contribution is 2.32. The minimum atomic E-state index is 0.158. The first-order valence-corrected chi connectivity index (χ1v) is 12.1. The van der Waals surface area contributed by atoms with Crippen molar-refractivity contribution in [3.63, 3.8) is 0 Å². The van der Waals surface area contributed by atoms with Crippen LogP contribution in [-0.2, 0) is 13.0 Å². The summed E-state index contributed by atoms with van der Waals surface area (Å²) in [6.07, 6.45) is 2.76. The van der Waals surface area contributed by atoms with E-state index >= 15 is 0 Å². The Kier molecular flexibility index (Phi) is 5.10. The smallest absolute Gasteiger partial charge is 0.254 e. The normalized spacial score (nSPS) is 17.5. The van der Waals surface area contributed by atoms with Crippen LogP contribution >= 0.6 is 0 Å². The molecular weight excluding hydrogens is 410 g/mol. The van der Waals surface area contributed by atoms with Gasteiger partial charge in [-0.2, -0.15) is 0 Å². The Morgan fingerprint density at radius 3 is 2.55 bits per heavy atom. The summed E-state index contributed by atoms with van der Waals surface area (Å²) in [7, 11) is 0. The Morgan fingerprint density at radius 1 is 1.00 bits per heavy atom. The van der Waals surface area contributed by atoms with Crippen LogP contribution in [0.1, 0.15) is 53.1 Å². The standard InChI is InChI=1S/C27H29N5O/c1-2-31-14-13-22-20(17-31)25(19-7-3-4-8-21(19)28-22)27(33)32-15-11-18(12-16-32)26-29-23-9-5-6-10-24(23)30-26/h3-10,18H,2,11-17H2,1H3,(H,29,30). The Labute approximate surface area is 193 Å². The van der Waals surface area contributed by atoms with Gasteiger partial charge in [0.25, 0.3) is 5.91 Å². The highest BCUT2D eigenvalue weighted by Gasteiger charge is 2.31. The zero-order valence-electron chi connectivity index (χ0n) is 19.1. The zero-order chi connectivity index (χ0) is 22.4. The number of hydrogen-bond donors (Lipinski definition) is 1. The zero-order valence-corrected chi connectivity index (χ0v) is 19.1. The van der Waals surface area contributed by atoms with Crippen LogP contribution in [0.5, 0.6) is 0 Å². The lowest BCUT2D eigenvalue weighted by molar-refractivity contribution is 0.0710. The number of aromatic amines is 1. The van der Waals surface area contributed by atoms with Crippen molar-refractivity contribution in [2.75, 3.05) is 26.2 Å². The molecule has 0 radical (unpaired) electrons. The molecule has 1 fully saturated rings. The number of fused-ring (bicyclic) bond motifs is 3. The molecule has 2 aliphatic rings. The van der Waals surface area contributed by atoms with Crippen LogP contribution in [0.25, 0.3) is 21.9 Å². The van der Waals surface area contributed by atoms with Gasteiger partial charge < -0.3 is 9.88 Å². The van der Waals surface area contributed by atoms with E-state index in [1.165, 1.54) is 0 Å². The van der Waals surface area contributed by atoms with Crippen LogP contribution in [0.3, 0.4) is 0 Å². The van der Waals surface area contributed by atoms with Crippen molar-refractivity contribution in [1.82, 2.24) is 24.8 Å². The van der Waals surface area contributed by atoms with Crippen LogP contribution in [0.4, 0.5) is 0 Å². The van der Waals surface area contributed by atoms with E-state index in [9.17, 15) is 4.79 Å². The van der Waals surface area contributed by atoms with Gasteiger partial charge in [-0.1, -0.05) is 37.3 Å². The molecule has 33 heavy (non-hydrogen) atoms. The maximum Gasteiger partial charge on any atom is 0.254 e.